The Balaban J connectivity index is 1.96. The average molecular weight is 211 g/mol. The zero-order chi connectivity index (χ0) is 10.8. The number of rotatable bonds is 3. The molecule has 0 saturated carbocycles. The number of nitro groups is 1. The van der Waals surface area contributed by atoms with Gasteiger partial charge in [-0.1, -0.05) is 0 Å². The lowest BCUT2D eigenvalue weighted by molar-refractivity contribution is -0.402. The predicted molar refractivity (Wildman–Crippen MR) is 53.2 cm³/mol. The summed E-state index contributed by atoms with van der Waals surface area (Å²) in [7, 11) is 0. The van der Waals surface area contributed by atoms with Crippen molar-refractivity contribution in [1.29, 1.82) is 0 Å². The molecule has 0 spiro atoms. The van der Waals surface area contributed by atoms with Crippen molar-refractivity contribution >= 4 is 5.88 Å². The Morgan fingerprint density at radius 3 is 3.00 bits per heavy atom. The van der Waals surface area contributed by atoms with Crippen molar-refractivity contribution in [2.75, 3.05) is 13.1 Å². The highest BCUT2D eigenvalue weighted by molar-refractivity contribution is 5.17. The molecule has 2 rings (SSSR count). The Kier molecular flexibility index (Phi) is 2.70. The second-order valence-corrected chi connectivity index (χ2v) is 3.78. The van der Waals surface area contributed by atoms with E-state index in [9.17, 15) is 10.1 Å². The van der Waals surface area contributed by atoms with Crippen molar-refractivity contribution in [3.63, 3.8) is 0 Å². The van der Waals surface area contributed by atoms with Crippen LogP contribution in [0.4, 0.5) is 5.88 Å². The molecule has 0 amide bonds. The molecule has 6 nitrogen and oxygen atoms in total. The molecule has 0 radical (unpaired) electrons. The SMILES string of the molecule is N[C@@H]1CCN(Cc2ccc([N+](=O)[O-])o2)C1. The van der Waals surface area contributed by atoms with Crippen LogP contribution in [-0.4, -0.2) is 29.0 Å². The first kappa shape index (κ1) is 10.1. The molecule has 0 aromatic carbocycles. The van der Waals surface area contributed by atoms with Crippen LogP contribution in [0.1, 0.15) is 12.2 Å². The van der Waals surface area contributed by atoms with Gasteiger partial charge in [-0.2, -0.15) is 0 Å². The molecule has 2 heterocycles. The van der Waals surface area contributed by atoms with Crippen molar-refractivity contribution in [3.8, 4) is 0 Å². The predicted octanol–water partition coefficient (Wildman–Crippen LogP) is 0.721. The topological polar surface area (TPSA) is 85.5 Å². The van der Waals surface area contributed by atoms with E-state index < -0.39 is 4.92 Å². The smallest absolute Gasteiger partial charge is 0.404 e. The van der Waals surface area contributed by atoms with Gasteiger partial charge in [-0.3, -0.25) is 15.0 Å². The van der Waals surface area contributed by atoms with E-state index in [1.165, 1.54) is 6.07 Å². The quantitative estimate of drug-likeness (QED) is 0.588. The average Bonchev–Trinajstić information content (AvgIpc) is 2.76. The van der Waals surface area contributed by atoms with Crippen LogP contribution < -0.4 is 5.73 Å². The third-order valence-corrected chi connectivity index (χ3v) is 2.52. The molecular formula is C9H13N3O3. The van der Waals surface area contributed by atoms with Gasteiger partial charge in [0.2, 0.25) is 0 Å². The minimum Gasteiger partial charge on any atom is -0.404 e. The van der Waals surface area contributed by atoms with Crippen LogP contribution in [0.15, 0.2) is 16.5 Å². The van der Waals surface area contributed by atoms with Gasteiger partial charge in [-0.25, -0.2) is 0 Å². The molecule has 1 saturated heterocycles. The van der Waals surface area contributed by atoms with Crippen LogP contribution in [0.25, 0.3) is 0 Å². The molecular weight excluding hydrogens is 198 g/mol. The summed E-state index contributed by atoms with van der Waals surface area (Å²) in [5.74, 6) is 0.421. The summed E-state index contributed by atoms with van der Waals surface area (Å²) >= 11 is 0. The number of nitrogens with zero attached hydrogens (tertiary/aromatic N) is 2. The van der Waals surface area contributed by atoms with Crippen molar-refractivity contribution in [2.24, 2.45) is 5.73 Å². The van der Waals surface area contributed by atoms with Gasteiger partial charge >= 0.3 is 5.88 Å². The summed E-state index contributed by atoms with van der Waals surface area (Å²) in [5.41, 5.74) is 5.75. The zero-order valence-electron chi connectivity index (χ0n) is 8.26. The Morgan fingerprint density at radius 1 is 1.67 bits per heavy atom. The first-order chi connectivity index (χ1) is 7.15. The summed E-state index contributed by atoms with van der Waals surface area (Å²) in [6.45, 7) is 2.35. The van der Waals surface area contributed by atoms with Gasteiger partial charge in [0.15, 0.2) is 0 Å². The van der Waals surface area contributed by atoms with Crippen LogP contribution in [0.5, 0.6) is 0 Å². The fourth-order valence-corrected chi connectivity index (χ4v) is 1.78. The minimum atomic E-state index is -0.529. The summed E-state index contributed by atoms with van der Waals surface area (Å²) in [6.07, 6.45) is 0.975. The third-order valence-electron chi connectivity index (χ3n) is 2.52. The molecule has 15 heavy (non-hydrogen) atoms. The summed E-state index contributed by atoms with van der Waals surface area (Å²) in [6, 6.07) is 3.24. The Morgan fingerprint density at radius 2 is 2.47 bits per heavy atom. The number of furan rings is 1. The molecule has 1 fully saturated rings. The number of likely N-dealkylation sites (tertiary alicyclic amines) is 1. The molecule has 6 heteroatoms. The highest BCUT2D eigenvalue weighted by Crippen LogP contribution is 2.18. The van der Waals surface area contributed by atoms with Crippen LogP contribution in [0, 0.1) is 10.1 Å². The van der Waals surface area contributed by atoms with Gasteiger partial charge in [0.25, 0.3) is 0 Å². The lowest BCUT2D eigenvalue weighted by atomic mass is 10.3. The van der Waals surface area contributed by atoms with Gasteiger partial charge in [-0.15, -0.1) is 0 Å². The van der Waals surface area contributed by atoms with Crippen LogP contribution in [0.2, 0.25) is 0 Å². The van der Waals surface area contributed by atoms with Crippen molar-refractivity contribution < 1.29 is 9.34 Å². The monoisotopic (exact) mass is 211 g/mol. The molecule has 2 N–H and O–H groups in total. The van der Waals surface area contributed by atoms with E-state index in [1.54, 1.807) is 6.07 Å². The maximum absolute atomic E-state index is 10.4. The van der Waals surface area contributed by atoms with Crippen LogP contribution >= 0.6 is 0 Å². The Hall–Kier alpha value is -1.40. The van der Waals surface area contributed by atoms with E-state index in [2.05, 4.69) is 4.90 Å². The summed E-state index contributed by atoms with van der Waals surface area (Å²) in [5, 5.41) is 10.4. The second-order valence-electron chi connectivity index (χ2n) is 3.78. The van der Waals surface area contributed by atoms with E-state index in [0.717, 1.165) is 19.5 Å². The molecule has 1 atom stereocenters. The summed E-state index contributed by atoms with van der Waals surface area (Å²) in [4.78, 5) is 12.0. The van der Waals surface area contributed by atoms with Crippen molar-refractivity contribution in [2.45, 2.75) is 19.0 Å². The maximum atomic E-state index is 10.4. The van der Waals surface area contributed by atoms with Crippen molar-refractivity contribution in [1.82, 2.24) is 4.90 Å². The second kappa shape index (κ2) is 4.00. The number of hydrogen-bond donors (Lipinski definition) is 1. The highest BCUT2D eigenvalue weighted by atomic mass is 16.6. The van der Waals surface area contributed by atoms with E-state index in [-0.39, 0.29) is 11.9 Å². The third kappa shape index (κ3) is 2.34. The lowest BCUT2D eigenvalue weighted by Gasteiger charge is -2.12. The normalized spacial score (nSPS) is 22.1. The lowest BCUT2D eigenvalue weighted by Crippen LogP contribution is -2.26. The van der Waals surface area contributed by atoms with Gasteiger partial charge in [0, 0.05) is 19.1 Å². The fraction of sp³-hybridized carbons (Fsp3) is 0.556. The van der Waals surface area contributed by atoms with Crippen LogP contribution in [0.3, 0.4) is 0 Å². The molecule has 82 valence electrons. The first-order valence-corrected chi connectivity index (χ1v) is 4.86. The molecule has 0 bridgehead atoms. The zero-order valence-corrected chi connectivity index (χ0v) is 8.26. The van der Waals surface area contributed by atoms with E-state index in [0.29, 0.717) is 12.3 Å². The van der Waals surface area contributed by atoms with Crippen molar-refractivity contribution in [3.05, 3.63) is 28.0 Å². The first-order valence-electron chi connectivity index (χ1n) is 4.86. The largest absolute Gasteiger partial charge is 0.433 e. The van der Waals surface area contributed by atoms with Gasteiger partial charge < -0.3 is 10.2 Å². The standard InChI is InChI=1S/C9H13N3O3/c10-7-3-4-11(5-7)6-8-1-2-9(15-8)12(13)14/h1-2,7H,3-6,10H2/t7-/m1/s1. The minimum absolute atomic E-state index is 0.200. The molecule has 0 aliphatic carbocycles. The van der Waals surface area contributed by atoms with E-state index in [1.807, 2.05) is 0 Å². The molecule has 0 unspecified atom stereocenters. The molecule has 1 aromatic heterocycles. The highest BCUT2D eigenvalue weighted by Gasteiger charge is 2.21. The maximum Gasteiger partial charge on any atom is 0.433 e. The fourth-order valence-electron chi connectivity index (χ4n) is 1.78. The molecule has 1 aliphatic heterocycles. The number of nitrogens with two attached hydrogens (primary N) is 1. The van der Waals surface area contributed by atoms with E-state index >= 15 is 0 Å². The Labute approximate surface area is 86.8 Å². The molecule has 1 aliphatic rings. The van der Waals surface area contributed by atoms with Crippen LogP contribution in [-0.2, 0) is 6.54 Å². The van der Waals surface area contributed by atoms with Gasteiger partial charge in [0.05, 0.1) is 12.6 Å². The molecule has 1 aromatic rings. The van der Waals surface area contributed by atoms with Gasteiger partial charge in [0.1, 0.15) is 10.7 Å². The van der Waals surface area contributed by atoms with Gasteiger partial charge in [-0.05, 0) is 12.5 Å². The van der Waals surface area contributed by atoms with E-state index in [4.69, 9.17) is 10.2 Å². The number of hydrogen-bond acceptors (Lipinski definition) is 5. The Bertz CT molecular complexity index is 363. The summed E-state index contributed by atoms with van der Waals surface area (Å²) < 4.78 is 5.06.